The van der Waals surface area contributed by atoms with Crippen molar-refractivity contribution in [2.45, 2.75) is 16.2 Å². The SMILES string of the molecule is C[N+]1(CCO)CC[N+](C)(CCCN2c3ccccc3Sc3ccc(Cl)cc32)CC1. The molecule has 2 aliphatic rings. The van der Waals surface area contributed by atoms with E-state index in [9.17, 15) is 5.11 Å². The minimum Gasteiger partial charge on any atom is -0.391 e. The molecular weight excluding hydrogens is 402 g/mol. The molecule has 156 valence electrons. The van der Waals surface area contributed by atoms with Crippen LogP contribution >= 0.6 is 23.4 Å². The quantitative estimate of drug-likeness (QED) is 0.689. The average Bonchev–Trinajstić information content (AvgIpc) is 2.71. The van der Waals surface area contributed by atoms with Gasteiger partial charge in [0.2, 0.25) is 0 Å². The van der Waals surface area contributed by atoms with E-state index in [0.29, 0.717) is 0 Å². The molecule has 29 heavy (non-hydrogen) atoms. The van der Waals surface area contributed by atoms with Gasteiger partial charge in [0, 0.05) is 27.8 Å². The number of para-hydroxylation sites is 1. The van der Waals surface area contributed by atoms with Gasteiger partial charge in [-0.15, -0.1) is 0 Å². The number of hydrogen-bond acceptors (Lipinski definition) is 3. The lowest BCUT2D eigenvalue weighted by Gasteiger charge is -2.46. The van der Waals surface area contributed by atoms with Gasteiger partial charge in [0.05, 0.1) is 38.6 Å². The Labute approximate surface area is 183 Å². The average molecular weight is 434 g/mol. The van der Waals surface area contributed by atoms with Crippen LogP contribution in [0.3, 0.4) is 0 Å². The number of likely N-dealkylation sites (N-methyl/N-ethyl adjacent to an activating group) is 2. The van der Waals surface area contributed by atoms with Crippen LogP contribution in [-0.4, -0.2) is 80.6 Å². The van der Waals surface area contributed by atoms with E-state index >= 15 is 0 Å². The molecule has 1 fully saturated rings. The highest BCUT2D eigenvalue weighted by Gasteiger charge is 2.36. The zero-order chi connectivity index (χ0) is 20.5. The second-order valence-corrected chi connectivity index (χ2v) is 10.5. The maximum absolute atomic E-state index is 9.34. The normalized spacial score (nSPS) is 26.1. The second kappa shape index (κ2) is 8.48. The lowest BCUT2D eigenvalue weighted by Crippen LogP contribution is -2.64. The predicted octanol–water partition coefficient (Wildman–Crippen LogP) is 4.23. The minimum absolute atomic E-state index is 0.286. The molecule has 2 aromatic carbocycles. The summed E-state index contributed by atoms with van der Waals surface area (Å²) in [6.45, 7) is 8.02. The van der Waals surface area contributed by atoms with Gasteiger partial charge >= 0.3 is 0 Å². The van der Waals surface area contributed by atoms with Crippen LogP contribution in [0.4, 0.5) is 11.4 Å². The van der Waals surface area contributed by atoms with E-state index in [1.54, 1.807) is 0 Å². The monoisotopic (exact) mass is 433 g/mol. The van der Waals surface area contributed by atoms with E-state index in [0.717, 1.165) is 46.6 Å². The van der Waals surface area contributed by atoms with Crippen LogP contribution in [0.1, 0.15) is 6.42 Å². The summed E-state index contributed by atoms with van der Waals surface area (Å²) in [6, 6.07) is 14.9. The number of hydrogen-bond donors (Lipinski definition) is 1. The van der Waals surface area contributed by atoms with E-state index in [1.165, 1.54) is 40.8 Å². The van der Waals surface area contributed by atoms with Crippen LogP contribution in [0.2, 0.25) is 5.02 Å². The molecule has 4 nitrogen and oxygen atoms in total. The summed E-state index contributed by atoms with van der Waals surface area (Å²) in [4.78, 5) is 5.05. The smallest absolute Gasteiger partial charge is 0.129 e. The summed E-state index contributed by atoms with van der Waals surface area (Å²) in [7, 11) is 4.68. The van der Waals surface area contributed by atoms with Crippen molar-refractivity contribution < 1.29 is 14.1 Å². The Morgan fingerprint density at radius 1 is 0.931 bits per heavy atom. The first kappa shape index (κ1) is 21.0. The van der Waals surface area contributed by atoms with Gasteiger partial charge in [-0.25, -0.2) is 0 Å². The molecule has 1 N–H and O–H groups in total. The zero-order valence-corrected chi connectivity index (χ0v) is 19.1. The van der Waals surface area contributed by atoms with Crippen molar-refractivity contribution in [1.29, 1.82) is 0 Å². The van der Waals surface area contributed by atoms with Crippen LogP contribution in [0.25, 0.3) is 0 Å². The molecule has 2 aromatic rings. The number of anilines is 2. The molecule has 2 aliphatic heterocycles. The summed E-state index contributed by atoms with van der Waals surface area (Å²) in [6.07, 6.45) is 1.14. The fourth-order valence-corrected chi connectivity index (χ4v) is 5.77. The van der Waals surface area contributed by atoms with E-state index in [1.807, 2.05) is 17.8 Å². The number of fused-ring (bicyclic) bond motifs is 2. The van der Waals surface area contributed by atoms with Crippen LogP contribution in [0, 0.1) is 0 Å². The first-order valence-electron chi connectivity index (χ1n) is 10.5. The highest BCUT2D eigenvalue weighted by Crippen LogP contribution is 2.48. The van der Waals surface area contributed by atoms with E-state index < -0.39 is 0 Å². The summed E-state index contributed by atoms with van der Waals surface area (Å²) in [5.41, 5.74) is 2.52. The van der Waals surface area contributed by atoms with Gasteiger partial charge in [0.15, 0.2) is 0 Å². The highest BCUT2D eigenvalue weighted by atomic mass is 35.5. The molecule has 0 aliphatic carbocycles. The number of aliphatic hydroxyl groups is 1. The fraction of sp³-hybridized carbons (Fsp3) is 0.478. The third-order valence-corrected chi connectivity index (χ3v) is 8.03. The van der Waals surface area contributed by atoms with Crippen molar-refractivity contribution >= 4 is 34.7 Å². The van der Waals surface area contributed by atoms with Gasteiger partial charge < -0.3 is 19.0 Å². The largest absolute Gasteiger partial charge is 0.391 e. The van der Waals surface area contributed by atoms with Crippen molar-refractivity contribution in [3.8, 4) is 0 Å². The third-order valence-electron chi connectivity index (χ3n) is 6.67. The van der Waals surface area contributed by atoms with Crippen LogP contribution < -0.4 is 4.90 Å². The molecule has 0 aromatic heterocycles. The molecule has 0 amide bonds. The number of halogens is 1. The molecule has 0 spiro atoms. The molecule has 6 heteroatoms. The molecule has 4 rings (SSSR count). The molecule has 0 atom stereocenters. The van der Waals surface area contributed by atoms with E-state index in [2.05, 4.69) is 55.4 Å². The molecular formula is C23H32ClN3OS+2. The van der Waals surface area contributed by atoms with Crippen LogP contribution in [0.5, 0.6) is 0 Å². The van der Waals surface area contributed by atoms with Gasteiger partial charge in [-0.05, 0) is 30.3 Å². The van der Waals surface area contributed by atoms with E-state index in [-0.39, 0.29) is 6.61 Å². The van der Waals surface area contributed by atoms with Gasteiger partial charge in [0.25, 0.3) is 0 Å². The maximum atomic E-state index is 9.34. The molecule has 1 saturated heterocycles. The topological polar surface area (TPSA) is 23.5 Å². The Balaban J connectivity index is 1.45. The summed E-state index contributed by atoms with van der Waals surface area (Å²) >= 11 is 8.17. The summed E-state index contributed by atoms with van der Waals surface area (Å²) in [5, 5.41) is 10.1. The Hall–Kier alpha value is -1.24. The molecule has 0 saturated carbocycles. The van der Waals surface area contributed by atoms with Crippen LogP contribution in [-0.2, 0) is 0 Å². The third kappa shape index (κ3) is 4.59. The number of quaternary nitrogens is 2. The fourth-order valence-electron chi connectivity index (χ4n) is 4.53. The van der Waals surface area contributed by atoms with E-state index in [4.69, 9.17) is 11.6 Å². The number of piperazine rings is 1. The van der Waals surface area contributed by atoms with Crippen molar-refractivity contribution in [2.24, 2.45) is 0 Å². The molecule has 0 bridgehead atoms. The van der Waals surface area contributed by atoms with Crippen molar-refractivity contribution in [3.05, 3.63) is 47.5 Å². The Kier molecular flexibility index (Phi) is 6.14. The van der Waals surface area contributed by atoms with Crippen molar-refractivity contribution in [2.75, 3.05) is 71.4 Å². The number of aliphatic hydroxyl groups excluding tert-OH is 1. The first-order valence-corrected chi connectivity index (χ1v) is 11.7. The Morgan fingerprint density at radius 3 is 2.31 bits per heavy atom. The first-order chi connectivity index (χ1) is 13.9. The standard InChI is InChI=1S/C23H32ClN3OS/c1-26(12-14-27(2,15-13-26)16-17-28)11-5-10-25-20-6-3-4-7-22(20)29-23-9-8-19(24)18-21(23)25/h3-4,6-9,18,28H,5,10-17H2,1-2H3/q+2. The highest BCUT2D eigenvalue weighted by molar-refractivity contribution is 7.99. The number of rotatable bonds is 6. The van der Waals surface area contributed by atoms with Crippen LogP contribution in [0.15, 0.2) is 52.3 Å². The zero-order valence-electron chi connectivity index (χ0n) is 17.5. The predicted molar refractivity (Wildman–Crippen MR) is 122 cm³/mol. The summed E-state index contributed by atoms with van der Waals surface area (Å²) in [5.74, 6) is 0. The van der Waals surface area contributed by atoms with Gasteiger partial charge in [-0.2, -0.15) is 0 Å². The van der Waals surface area contributed by atoms with Crippen molar-refractivity contribution in [3.63, 3.8) is 0 Å². The molecule has 0 radical (unpaired) electrons. The Bertz CT molecular complexity index is 867. The van der Waals surface area contributed by atoms with Crippen molar-refractivity contribution in [1.82, 2.24) is 0 Å². The van der Waals surface area contributed by atoms with Gasteiger partial charge in [-0.1, -0.05) is 35.5 Å². The minimum atomic E-state index is 0.286. The van der Waals surface area contributed by atoms with Gasteiger partial charge in [-0.3, -0.25) is 0 Å². The second-order valence-electron chi connectivity index (χ2n) is 8.99. The summed E-state index contributed by atoms with van der Waals surface area (Å²) < 4.78 is 2.14. The lowest BCUT2D eigenvalue weighted by atomic mass is 10.1. The lowest BCUT2D eigenvalue weighted by molar-refractivity contribution is -1.02. The maximum Gasteiger partial charge on any atom is 0.129 e. The molecule has 2 heterocycles. The number of nitrogens with zero attached hydrogens (tertiary/aromatic N) is 3. The molecule has 0 unspecified atom stereocenters. The number of benzene rings is 2. The van der Waals surface area contributed by atoms with Gasteiger partial charge in [0.1, 0.15) is 32.7 Å². The Morgan fingerprint density at radius 2 is 1.59 bits per heavy atom.